The number of amides is 1. The lowest BCUT2D eigenvalue weighted by Crippen LogP contribution is -2.40. The van der Waals surface area contributed by atoms with Gasteiger partial charge in [-0.2, -0.15) is 0 Å². The summed E-state index contributed by atoms with van der Waals surface area (Å²) in [7, 11) is 1.59. The van der Waals surface area contributed by atoms with E-state index >= 15 is 0 Å². The molecule has 1 aliphatic rings. The molecular weight excluding hydrogens is 367 g/mol. The number of carbonyl (C=O) groups excluding carboxylic acids is 1. The Morgan fingerprint density at radius 2 is 2.35 bits per heavy atom. The summed E-state index contributed by atoms with van der Waals surface area (Å²) in [5, 5.41) is 3.04. The maximum absolute atomic E-state index is 12.3. The van der Waals surface area contributed by atoms with Gasteiger partial charge in [-0.25, -0.2) is 0 Å². The van der Waals surface area contributed by atoms with Crippen LogP contribution in [0.4, 0.5) is 0 Å². The molecule has 1 fully saturated rings. The Kier molecular flexibility index (Phi) is 5.65. The van der Waals surface area contributed by atoms with Crippen molar-refractivity contribution in [3.05, 3.63) is 27.3 Å². The SMILES string of the molecule is CCN1CCC[C@H]1CNC(=O)c1cc(I)ccc1OC. The van der Waals surface area contributed by atoms with Crippen molar-refractivity contribution in [3.63, 3.8) is 0 Å². The van der Waals surface area contributed by atoms with E-state index in [0.717, 1.165) is 23.1 Å². The van der Waals surface area contributed by atoms with Crippen molar-refractivity contribution in [1.29, 1.82) is 0 Å². The van der Waals surface area contributed by atoms with E-state index < -0.39 is 0 Å². The van der Waals surface area contributed by atoms with E-state index in [-0.39, 0.29) is 5.91 Å². The lowest BCUT2D eigenvalue weighted by molar-refractivity contribution is 0.0938. The van der Waals surface area contributed by atoms with Gasteiger partial charge in [0, 0.05) is 16.2 Å². The first-order valence-corrected chi connectivity index (χ1v) is 8.09. The number of likely N-dealkylation sites (N-methyl/N-ethyl adjacent to an activating group) is 1. The zero-order valence-electron chi connectivity index (χ0n) is 12.0. The molecule has 0 spiro atoms. The first-order chi connectivity index (χ1) is 9.65. The number of hydrogen-bond donors (Lipinski definition) is 1. The highest BCUT2D eigenvalue weighted by molar-refractivity contribution is 14.1. The molecule has 0 aliphatic carbocycles. The topological polar surface area (TPSA) is 41.6 Å². The van der Waals surface area contributed by atoms with Crippen LogP contribution in [0.5, 0.6) is 5.75 Å². The average molecular weight is 388 g/mol. The number of rotatable bonds is 5. The number of ether oxygens (including phenoxy) is 1. The number of likely N-dealkylation sites (tertiary alicyclic amines) is 1. The first kappa shape index (κ1) is 15.6. The van der Waals surface area contributed by atoms with Crippen LogP contribution in [0.2, 0.25) is 0 Å². The van der Waals surface area contributed by atoms with Gasteiger partial charge in [0.25, 0.3) is 5.91 Å². The van der Waals surface area contributed by atoms with Crippen molar-refractivity contribution >= 4 is 28.5 Å². The van der Waals surface area contributed by atoms with E-state index in [2.05, 4.69) is 39.7 Å². The molecule has 0 bridgehead atoms. The van der Waals surface area contributed by atoms with Gasteiger partial charge in [0.15, 0.2) is 0 Å². The summed E-state index contributed by atoms with van der Waals surface area (Å²) in [5.41, 5.74) is 0.612. The number of hydrogen-bond acceptors (Lipinski definition) is 3. The van der Waals surface area contributed by atoms with Crippen LogP contribution in [-0.4, -0.2) is 43.6 Å². The maximum atomic E-state index is 12.3. The van der Waals surface area contributed by atoms with Gasteiger partial charge in [-0.1, -0.05) is 6.92 Å². The van der Waals surface area contributed by atoms with E-state index in [0.29, 0.717) is 23.9 Å². The Hall–Kier alpha value is -0.820. The second-order valence-electron chi connectivity index (χ2n) is 4.98. The molecule has 1 atom stereocenters. The summed E-state index contributed by atoms with van der Waals surface area (Å²) in [6, 6.07) is 6.11. The predicted molar refractivity (Wildman–Crippen MR) is 88.3 cm³/mol. The molecule has 1 N–H and O–H groups in total. The molecule has 2 rings (SSSR count). The molecule has 1 aromatic carbocycles. The molecule has 1 amide bonds. The van der Waals surface area contributed by atoms with E-state index in [1.807, 2.05) is 18.2 Å². The van der Waals surface area contributed by atoms with Crippen molar-refractivity contribution in [2.75, 3.05) is 26.7 Å². The Morgan fingerprint density at radius 1 is 1.55 bits per heavy atom. The summed E-state index contributed by atoms with van der Waals surface area (Å²) >= 11 is 2.20. The van der Waals surface area contributed by atoms with Gasteiger partial charge < -0.3 is 10.1 Å². The Labute approximate surface area is 134 Å². The maximum Gasteiger partial charge on any atom is 0.255 e. The van der Waals surface area contributed by atoms with Crippen molar-refractivity contribution in [2.45, 2.75) is 25.8 Å². The van der Waals surface area contributed by atoms with Crippen molar-refractivity contribution in [3.8, 4) is 5.75 Å². The third-order valence-electron chi connectivity index (χ3n) is 3.81. The monoisotopic (exact) mass is 388 g/mol. The van der Waals surface area contributed by atoms with Crippen LogP contribution in [0, 0.1) is 3.57 Å². The zero-order valence-corrected chi connectivity index (χ0v) is 14.1. The smallest absolute Gasteiger partial charge is 0.255 e. The fourth-order valence-electron chi connectivity index (χ4n) is 2.71. The number of carbonyl (C=O) groups is 1. The average Bonchev–Trinajstić information content (AvgIpc) is 2.92. The lowest BCUT2D eigenvalue weighted by Gasteiger charge is -2.23. The van der Waals surface area contributed by atoms with E-state index in [9.17, 15) is 4.79 Å². The van der Waals surface area contributed by atoms with Crippen LogP contribution in [0.1, 0.15) is 30.1 Å². The molecule has 110 valence electrons. The van der Waals surface area contributed by atoms with Gasteiger partial charge in [0.1, 0.15) is 5.75 Å². The second-order valence-corrected chi connectivity index (χ2v) is 6.22. The van der Waals surface area contributed by atoms with E-state index in [1.54, 1.807) is 7.11 Å². The minimum atomic E-state index is -0.0525. The van der Waals surface area contributed by atoms with Crippen LogP contribution in [-0.2, 0) is 0 Å². The van der Waals surface area contributed by atoms with Crippen molar-refractivity contribution in [1.82, 2.24) is 10.2 Å². The minimum Gasteiger partial charge on any atom is -0.496 e. The third-order valence-corrected chi connectivity index (χ3v) is 4.48. The zero-order chi connectivity index (χ0) is 14.5. The minimum absolute atomic E-state index is 0.0525. The first-order valence-electron chi connectivity index (χ1n) is 7.01. The number of methoxy groups -OCH3 is 1. The van der Waals surface area contributed by atoms with Gasteiger partial charge in [0.05, 0.1) is 12.7 Å². The van der Waals surface area contributed by atoms with Crippen molar-refractivity contribution < 1.29 is 9.53 Å². The molecule has 20 heavy (non-hydrogen) atoms. The third kappa shape index (κ3) is 3.63. The molecule has 5 heteroatoms. The second kappa shape index (κ2) is 7.26. The van der Waals surface area contributed by atoms with Gasteiger partial charge >= 0.3 is 0 Å². The number of benzene rings is 1. The fourth-order valence-corrected chi connectivity index (χ4v) is 3.20. The quantitative estimate of drug-likeness (QED) is 0.789. The molecule has 1 aromatic rings. The molecule has 1 heterocycles. The van der Waals surface area contributed by atoms with Crippen LogP contribution in [0.25, 0.3) is 0 Å². The predicted octanol–water partition coefficient (Wildman–Crippen LogP) is 2.51. The molecule has 1 aliphatic heterocycles. The highest BCUT2D eigenvalue weighted by Gasteiger charge is 2.23. The highest BCUT2D eigenvalue weighted by Crippen LogP contribution is 2.21. The molecule has 1 saturated heterocycles. The summed E-state index contributed by atoms with van der Waals surface area (Å²) < 4.78 is 6.29. The Morgan fingerprint density at radius 3 is 3.05 bits per heavy atom. The Balaban J connectivity index is 2.00. The molecule has 4 nitrogen and oxygen atoms in total. The van der Waals surface area contributed by atoms with E-state index in [1.165, 1.54) is 6.42 Å². The van der Waals surface area contributed by atoms with Crippen LogP contribution in [0.15, 0.2) is 18.2 Å². The van der Waals surface area contributed by atoms with Gasteiger partial charge in [-0.05, 0) is 66.7 Å². The highest BCUT2D eigenvalue weighted by atomic mass is 127. The molecular formula is C15H21IN2O2. The summed E-state index contributed by atoms with van der Waals surface area (Å²) in [6.07, 6.45) is 2.39. The lowest BCUT2D eigenvalue weighted by atomic mass is 10.1. The Bertz CT molecular complexity index is 479. The number of nitrogens with zero attached hydrogens (tertiary/aromatic N) is 1. The number of halogens is 1. The van der Waals surface area contributed by atoms with Gasteiger partial charge in [-0.3, -0.25) is 9.69 Å². The van der Waals surface area contributed by atoms with Crippen LogP contribution < -0.4 is 10.1 Å². The van der Waals surface area contributed by atoms with Gasteiger partial charge in [0.2, 0.25) is 0 Å². The summed E-state index contributed by atoms with van der Waals surface area (Å²) in [5.74, 6) is 0.574. The van der Waals surface area contributed by atoms with Crippen molar-refractivity contribution in [2.24, 2.45) is 0 Å². The summed E-state index contributed by atoms with van der Waals surface area (Å²) in [4.78, 5) is 14.7. The molecule has 0 unspecified atom stereocenters. The largest absolute Gasteiger partial charge is 0.496 e. The molecule has 0 saturated carbocycles. The van der Waals surface area contributed by atoms with Crippen LogP contribution >= 0.6 is 22.6 Å². The molecule has 0 aromatic heterocycles. The number of nitrogens with one attached hydrogen (secondary N) is 1. The fraction of sp³-hybridized carbons (Fsp3) is 0.533. The van der Waals surface area contributed by atoms with E-state index in [4.69, 9.17) is 4.74 Å². The van der Waals surface area contributed by atoms with Crippen LogP contribution in [0.3, 0.4) is 0 Å². The standard InChI is InChI=1S/C15H21IN2O2/c1-3-18-8-4-5-12(18)10-17-15(19)13-9-11(16)6-7-14(13)20-2/h6-7,9,12H,3-5,8,10H2,1-2H3,(H,17,19)/t12-/m0/s1. The molecule has 0 radical (unpaired) electrons. The van der Waals surface area contributed by atoms with Gasteiger partial charge in [-0.15, -0.1) is 0 Å². The summed E-state index contributed by atoms with van der Waals surface area (Å²) in [6.45, 7) is 5.07. The normalized spacial score (nSPS) is 19.1.